The molecule has 0 radical (unpaired) electrons. The van der Waals surface area contributed by atoms with Crippen molar-refractivity contribution in [3.8, 4) is 0 Å². The number of nitrogens with zero attached hydrogens (tertiary/aromatic N) is 3. The van der Waals surface area contributed by atoms with E-state index in [1.54, 1.807) is 6.33 Å². The minimum absolute atomic E-state index is 0.268. The van der Waals surface area contributed by atoms with Crippen molar-refractivity contribution in [2.24, 2.45) is 11.8 Å². The van der Waals surface area contributed by atoms with E-state index >= 15 is 0 Å². The number of nitrogens with two attached hydrogens (primary N) is 1. The van der Waals surface area contributed by atoms with Crippen LogP contribution in [-0.2, 0) is 0 Å². The Morgan fingerprint density at radius 2 is 2.10 bits per heavy atom. The van der Waals surface area contributed by atoms with Crippen molar-refractivity contribution in [2.75, 3.05) is 11.1 Å². The van der Waals surface area contributed by atoms with Crippen molar-refractivity contribution in [3.63, 3.8) is 0 Å². The van der Waals surface area contributed by atoms with E-state index in [4.69, 9.17) is 5.73 Å². The summed E-state index contributed by atoms with van der Waals surface area (Å²) in [6.07, 6.45) is 6.69. The van der Waals surface area contributed by atoms with Crippen molar-refractivity contribution >= 4 is 22.9 Å². The predicted octanol–water partition coefficient (Wildman–Crippen LogP) is 2.56. The molecule has 2 atom stereocenters. The Hall–Kier alpha value is -1.85. The number of nitrogen functional groups attached to an aromatic ring is 1. The summed E-state index contributed by atoms with van der Waals surface area (Å²) in [5, 5.41) is 3.58. The van der Waals surface area contributed by atoms with Gasteiger partial charge in [0, 0.05) is 6.04 Å². The average molecular weight is 274 g/mol. The number of hydrogen-bond acceptors (Lipinski definition) is 5. The van der Waals surface area contributed by atoms with Gasteiger partial charge in [-0.15, -0.1) is 0 Å². The van der Waals surface area contributed by atoms with Crippen LogP contribution in [0.3, 0.4) is 0 Å². The number of H-pyrrole nitrogens is 1. The number of hydrogen-bond donors (Lipinski definition) is 3. The lowest BCUT2D eigenvalue weighted by Gasteiger charge is -2.35. The first-order valence-electron chi connectivity index (χ1n) is 7.38. The summed E-state index contributed by atoms with van der Waals surface area (Å²) >= 11 is 0. The van der Waals surface area contributed by atoms with Gasteiger partial charge in [0.2, 0.25) is 5.95 Å². The Labute approximate surface area is 118 Å². The third-order valence-corrected chi connectivity index (χ3v) is 4.30. The van der Waals surface area contributed by atoms with Crippen molar-refractivity contribution in [2.45, 2.75) is 45.6 Å². The molecule has 2 heterocycles. The van der Waals surface area contributed by atoms with Gasteiger partial charge in [-0.05, 0) is 24.7 Å². The highest BCUT2D eigenvalue weighted by molar-refractivity contribution is 5.83. The van der Waals surface area contributed by atoms with Gasteiger partial charge in [-0.2, -0.15) is 9.97 Å². The number of aromatic nitrogens is 4. The lowest BCUT2D eigenvalue weighted by atomic mass is 9.78. The Kier molecular flexibility index (Phi) is 3.46. The van der Waals surface area contributed by atoms with Crippen molar-refractivity contribution in [1.82, 2.24) is 19.9 Å². The minimum atomic E-state index is 0.268. The third kappa shape index (κ3) is 2.42. The molecule has 2 aromatic rings. The summed E-state index contributed by atoms with van der Waals surface area (Å²) in [5.74, 6) is 2.40. The van der Waals surface area contributed by atoms with E-state index in [0.717, 1.165) is 11.3 Å². The summed E-state index contributed by atoms with van der Waals surface area (Å²) in [4.78, 5) is 15.7. The molecule has 0 bridgehead atoms. The smallest absolute Gasteiger partial charge is 0.224 e. The maximum absolute atomic E-state index is 5.77. The van der Waals surface area contributed by atoms with E-state index in [0.29, 0.717) is 23.5 Å². The van der Waals surface area contributed by atoms with E-state index in [9.17, 15) is 0 Å². The normalized spacial score (nSPS) is 23.4. The van der Waals surface area contributed by atoms with Crippen LogP contribution in [0.4, 0.5) is 11.8 Å². The van der Waals surface area contributed by atoms with Gasteiger partial charge in [-0.25, -0.2) is 4.98 Å². The molecule has 1 aliphatic rings. The van der Waals surface area contributed by atoms with Crippen LogP contribution in [0.1, 0.15) is 39.5 Å². The largest absolute Gasteiger partial charge is 0.368 e. The molecule has 0 saturated heterocycles. The number of rotatable bonds is 3. The summed E-state index contributed by atoms with van der Waals surface area (Å²) in [5.41, 5.74) is 7.23. The lowest BCUT2D eigenvalue weighted by Crippen LogP contribution is -2.35. The van der Waals surface area contributed by atoms with Crippen LogP contribution in [-0.4, -0.2) is 26.0 Å². The second-order valence-electron chi connectivity index (χ2n) is 5.97. The maximum atomic E-state index is 5.77. The van der Waals surface area contributed by atoms with Crippen molar-refractivity contribution in [1.29, 1.82) is 0 Å². The van der Waals surface area contributed by atoms with Gasteiger partial charge in [0.15, 0.2) is 11.5 Å². The molecular formula is C14H22N6. The third-order valence-electron chi connectivity index (χ3n) is 4.30. The van der Waals surface area contributed by atoms with Gasteiger partial charge >= 0.3 is 0 Å². The van der Waals surface area contributed by atoms with E-state index in [1.165, 1.54) is 25.7 Å². The number of nitrogens with one attached hydrogen (secondary N) is 2. The second kappa shape index (κ2) is 5.26. The number of fused-ring (bicyclic) bond motifs is 1. The lowest BCUT2D eigenvalue weighted by molar-refractivity contribution is 0.253. The van der Waals surface area contributed by atoms with Crippen LogP contribution in [0, 0.1) is 11.8 Å². The molecule has 0 aliphatic heterocycles. The fourth-order valence-electron chi connectivity index (χ4n) is 3.27. The minimum Gasteiger partial charge on any atom is -0.368 e. The number of aromatic amines is 1. The summed E-state index contributed by atoms with van der Waals surface area (Å²) in [6.45, 7) is 4.59. The Morgan fingerprint density at radius 3 is 2.90 bits per heavy atom. The molecule has 0 amide bonds. The second-order valence-corrected chi connectivity index (χ2v) is 5.97. The molecule has 0 spiro atoms. The molecule has 1 fully saturated rings. The van der Waals surface area contributed by atoms with Gasteiger partial charge < -0.3 is 16.0 Å². The zero-order valence-electron chi connectivity index (χ0n) is 12.1. The van der Waals surface area contributed by atoms with Crippen LogP contribution in [0.25, 0.3) is 11.2 Å². The molecule has 108 valence electrons. The van der Waals surface area contributed by atoms with Crippen LogP contribution < -0.4 is 11.1 Å². The molecule has 20 heavy (non-hydrogen) atoms. The summed E-state index contributed by atoms with van der Waals surface area (Å²) in [6, 6.07) is 0.449. The van der Waals surface area contributed by atoms with Crippen molar-refractivity contribution < 1.29 is 0 Å². The quantitative estimate of drug-likeness (QED) is 0.800. The van der Waals surface area contributed by atoms with E-state index in [-0.39, 0.29) is 5.95 Å². The molecule has 6 nitrogen and oxygen atoms in total. The van der Waals surface area contributed by atoms with Crippen LogP contribution in [0.2, 0.25) is 0 Å². The Morgan fingerprint density at radius 1 is 1.30 bits per heavy atom. The maximum Gasteiger partial charge on any atom is 0.224 e. The SMILES string of the molecule is CC(C)C1CCCCC1Nc1nc(N)nc2nc[nH]c12. The summed E-state index contributed by atoms with van der Waals surface area (Å²) < 4.78 is 0. The first-order valence-corrected chi connectivity index (χ1v) is 7.38. The molecule has 2 unspecified atom stereocenters. The molecule has 6 heteroatoms. The van der Waals surface area contributed by atoms with Gasteiger partial charge in [-0.3, -0.25) is 0 Å². The highest BCUT2D eigenvalue weighted by Crippen LogP contribution is 2.33. The zero-order chi connectivity index (χ0) is 14.1. The zero-order valence-corrected chi connectivity index (χ0v) is 12.1. The van der Waals surface area contributed by atoms with Gasteiger partial charge in [0.05, 0.1) is 6.33 Å². The molecule has 4 N–H and O–H groups in total. The van der Waals surface area contributed by atoms with Gasteiger partial charge in [-0.1, -0.05) is 26.7 Å². The topological polar surface area (TPSA) is 92.5 Å². The molecular weight excluding hydrogens is 252 g/mol. The predicted molar refractivity (Wildman–Crippen MR) is 80.3 cm³/mol. The van der Waals surface area contributed by atoms with E-state index in [1.807, 2.05) is 0 Å². The number of imidazole rings is 1. The highest BCUT2D eigenvalue weighted by Gasteiger charge is 2.28. The molecule has 3 rings (SSSR count). The molecule has 1 saturated carbocycles. The Bertz CT molecular complexity index is 590. The van der Waals surface area contributed by atoms with Crippen LogP contribution in [0.5, 0.6) is 0 Å². The molecule has 1 aliphatic carbocycles. The van der Waals surface area contributed by atoms with E-state index < -0.39 is 0 Å². The molecule has 0 aromatic carbocycles. The fourth-order valence-corrected chi connectivity index (χ4v) is 3.27. The van der Waals surface area contributed by atoms with Gasteiger partial charge in [0.25, 0.3) is 0 Å². The fraction of sp³-hybridized carbons (Fsp3) is 0.643. The standard InChI is InChI=1S/C14H22N6/c1-8(2)9-5-3-4-6-10(9)18-13-11-12(17-7-16-11)19-14(15)20-13/h7-10H,3-6H2,1-2H3,(H4,15,16,17,18,19,20). The highest BCUT2D eigenvalue weighted by atomic mass is 15.1. The first-order chi connectivity index (χ1) is 9.65. The summed E-state index contributed by atoms with van der Waals surface area (Å²) in [7, 11) is 0. The van der Waals surface area contributed by atoms with E-state index in [2.05, 4.69) is 39.1 Å². The first kappa shape index (κ1) is 13.1. The van der Waals surface area contributed by atoms with Crippen LogP contribution in [0.15, 0.2) is 6.33 Å². The van der Waals surface area contributed by atoms with Crippen molar-refractivity contribution in [3.05, 3.63) is 6.33 Å². The number of anilines is 2. The monoisotopic (exact) mass is 274 g/mol. The van der Waals surface area contributed by atoms with Crippen LogP contribution >= 0.6 is 0 Å². The Balaban J connectivity index is 1.89. The molecule has 2 aromatic heterocycles. The average Bonchev–Trinajstić information content (AvgIpc) is 2.87. The van der Waals surface area contributed by atoms with Gasteiger partial charge in [0.1, 0.15) is 5.52 Å².